The molecule has 0 bridgehead atoms. The average molecular weight is 317 g/mol. The minimum Gasteiger partial charge on any atom is -0.463 e. The van der Waals surface area contributed by atoms with E-state index in [0.29, 0.717) is 5.56 Å². The maximum atomic E-state index is 14.4. The maximum Gasteiger partial charge on any atom is 0.352 e. The normalized spacial score (nSPS) is 13.8. The summed E-state index contributed by atoms with van der Waals surface area (Å²) in [4.78, 5) is 22.9. The number of halogens is 2. The van der Waals surface area contributed by atoms with Gasteiger partial charge in [-0.15, -0.1) is 0 Å². The minimum atomic E-state index is -2.61. The van der Waals surface area contributed by atoms with E-state index in [4.69, 9.17) is 0 Å². The van der Waals surface area contributed by atoms with Gasteiger partial charge in [-0.25, -0.2) is 9.18 Å². The van der Waals surface area contributed by atoms with E-state index in [1.807, 2.05) is 0 Å². The summed E-state index contributed by atoms with van der Waals surface area (Å²) < 4.78 is 19.9. The molecule has 0 N–H and O–H groups in total. The molecule has 0 fully saturated rings. The van der Waals surface area contributed by atoms with Gasteiger partial charge in [0, 0.05) is 10.9 Å². The van der Waals surface area contributed by atoms with Crippen molar-refractivity contribution in [3.05, 3.63) is 34.3 Å². The molecule has 0 aliphatic heterocycles. The third-order valence-corrected chi connectivity index (χ3v) is 3.05. The first-order chi connectivity index (χ1) is 8.40. The average Bonchev–Trinajstić information content (AvgIpc) is 2.32. The second kappa shape index (κ2) is 6.09. The molecular formula is C13H14BrFO3. The fourth-order valence-corrected chi connectivity index (χ4v) is 1.73. The van der Waals surface area contributed by atoms with Crippen molar-refractivity contribution in [2.24, 2.45) is 0 Å². The molecule has 3 nitrogen and oxygen atoms in total. The van der Waals surface area contributed by atoms with Crippen LogP contribution in [0.25, 0.3) is 0 Å². The smallest absolute Gasteiger partial charge is 0.352 e. The summed E-state index contributed by atoms with van der Waals surface area (Å²) >= 11 is 3.26. The van der Waals surface area contributed by atoms with Crippen LogP contribution in [0.2, 0.25) is 0 Å². The molecule has 0 saturated carbocycles. The van der Waals surface area contributed by atoms with Gasteiger partial charge in [0.15, 0.2) is 5.78 Å². The number of ketones is 1. The van der Waals surface area contributed by atoms with Gasteiger partial charge in [0.25, 0.3) is 5.67 Å². The zero-order chi connectivity index (χ0) is 13.8. The van der Waals surface area contributed by atoms with Crippen LogP contribution in [0.15, 0.2) is 28.7 Å². The van der Waals surface area contributed by atoms with E-state index in [2.05, 4.69) is 20.7 Å². The van der Waals surface area contributed by atoms with E-state index >= 15 is 0 Å². The molecule has 18 heavy (non-hydrogen) atoms. The summed E-state index contributed by atoms with van der Waals surface area (Å²) in [6.45, 7) is 2.66. The number of Topliss-reactive ketones (excluding diaryl/α,β-unsaturated/α-hetero) is 1. The molecule has 1 atom stereocenters. The lowest BCUT2D eigenvalue weighted by molar-refractivity contribution is -0.161. The van der Waals surface area contributed by atoms with Gasteiger partial charge >= 0.3 is 5.97 Å². The summed E-state index contributed by atoms with van der Waals surface area (Å²) in [5, 5.41) is 0. The molecule has 1 rings (SSSR count). The lowest BCUT2D eigenvalue weighted by atomic mass is 9.93. The Kier molecular flexibility index (Phi) is 5.02. The Balaban J connectivity index is 2.96. The maximum absolute atomic E-state index is 14.4. The Morgan fingerprint density at radius 3 is 2.33 bits per heavy atom. The third kappa shape index (κ3) is 3.38. The third-order valence-electron chi connectivity index (χ3n) is 2.52. The Morgan fingerprint density at radius 2 is 1.89 bits per heavy atom. The van der Waals surface area contributed by atoms with Crippen LogP contribution in [0.3, 0.4) is 0 Å². The molecule has 1 aromatic rings. The fourth-order valence-electron chi connectivity index (χ4n) is 1.47. The van der Waals surface area contributed by atoms with Crippen LogP contribution in [-0.4, -0.2) is 24.0 Å². The number of hydrogen-bond acceptors (Lipinski definition) is 3. The van der Waals surface area contributed by atoms with Gasteiger partial charge in [-0.05, 0) is 31.5 Å². The predicted octanol–water partition coefficient (Wildman–Crippen LogP) is 2.85. The summed E-state index contributed by atoms with van der Waals surface area (Å²) in [5.41, 5.74) is -2.05. The monoisotopic (exact) mass is 316 g/mol. The molecule has 0 aliphatic carbocycles. The number of carbonyl (C=O) groups is 2. The molecule has 0 heterocycles. The van der Waals surface area contributed by atoms with Gasteiger partial charge in [-0.1, -0.05) is 28.1 Å². The summed E-state index contributed by atoms with van der Waals surface area (Å²) in [6, 6.07) is 6.75. The molecule has 0 spiro atoms. The second-order valence-corrected chi connectivity index (χ2v) is 4.80. The molecular weight excluding hydrogens is 303 g/mol. The highest BCUT2D eigenvalue weighted by molar-refractivity contribution is 9.10. The van der Waals surface area contributed by atoms with Crippen LogP contribution >= 0.6 is 15.9 Å². The first-order valence-electron chi connectivity index (χ1n) is 5.51. The Morgan fingerprint density at radius 1 is 1.33 bits per heavy atom. The molecule has 0 amide bonds. The molecule has 0 radical (unpaired) electrons. The van der Waals surface area contributed by atoms with Gasteiger partial charge in [0.1, 0.15) is 0 Å². The summed E-state index contributed by atoms with van der Waals surface area (Å²) in [7, 11) is 0. The first kappa shape index (κ1) is 14.8. The van der Waals surface area contributed by atoms with Crippen LogP contribution in [0.5, 0.6) is 0 Å². The van der Waals surface area contributed by atoms with Gasteiger partial charge < -0.3 is 4.74 Å². The summed E-state index contributed by atoms with van der Waals surface area (Å²) in [6.07, 6.45) is -0.311. The standard InChI is InChI=1S/C13H14BrFO3/c1-3-18-12(17)13(15,9(2)16)8-10-4-6-11(14)7-5-10/h4-7H,3,8H2,1-2H3. The van der Waals surface area contributed by atoms with E-state index < -0.39 is 17.4 Å². The van der Waals surface area contributed by atoms with Crippen LogP contribution in [0, 0.1) is 0 Å². The summed E-state index contributed by atoms with van der Waals surface area (Å²) in [5.74, 6) is -1.97. The van der Waals surface area contributed by atoms with E-state index in [-0.39, 0.29) is 13.0 Å². The highest BCUT2D eigenvalue weighted by atomic mass is 79.9. The van der Waals surface area contributed by atoms with Gasteiger partial charge in [0.05, 0.1) is 6.61 Å². The number of benzene rings is 1. The van der Waals surface area contributed by atoms with Crippen LogP contribution in [0.1, 0.15) is 19.4 Å². The molecule has 98 valence electrons. The molecule has 0 aromatic heterocycles. The molecule has 1 aromatic carbocycles. The zero-order valence-electron chi connectivity index (χ0n) is 10.2. The SMILES string of the molecule is CCOC(=O)C(F)(Cc1ccc(Br)cc1)C(C)=O. The van der Waals surface area contributed by atoms with Crippen molar-refractivity contribution in [1.29, 1.82) is 0 Å². The van der Waals surface area contributed by atoms with Crippen molar-refractivity contribution in [3.8, 4) is 0 Å². The van der Waals surface area contributed by atoms with Crippen LogP contribution in [-0.2, 0) is 20.7 Å². The second-order valence-electron chi connectivity index (χ2n) is 3.88. The van der Waals surface area contributed by atoms with E-state index in [0.717, 1.165) is 11.4 Å². The van der Waals surface area contributed by atoms with Gasteiger partial charge in [0.2, 0.25) is 0 Å². The van der Waals surface area contributed by atoms with E-state index in [9.17, 15) is 14.0 Å². The van der Waals surface area contributed by atoms with Crippen molar-refractivity contribution >= 4 is 27.7 Å². The van der Waals surface area contributed by atoms with Crippen LogP contribution in [0.4, 0.5) is 4.39 Å². The number of ether oxygens (including phenoxy) is 1. The Labute approximate surface area is 113 Å². The largest absolute Gasteiger partial charge is 0.463 e. The van der Waals surface area contributed by atoms with Crippen molar-refractivity contribution in [1.82, 2.24) is 0 Å². The number of hydrogen-bond donors (Lipinski definition) is 0. The highest BCUT2D eigenvalue weighted by Crippen LogP contribution is 2.23. The molecule has 1 unspecified atom stereocenters. The molecule has 0 saturated heterocycles. The van der Waals surface area contributed by atoms with Crippen molar-refractivity contribution in [3.63, 3.8) is 0 Å². The van der Waals surface area contributed by atoms with Crippen molar-refractivity contribution in [2.75, 3.05) is 6.61 Å². The fraction of sp³-hybridized carbons (Fsp3) is 0.385. The zero-order valence-corrected chi connectivity index (χ0v) is 11.8. The van der Waals surface area contributed by atoms with Crippen molar-refractivity contribution in [2.45, 2.75) is 25.9 Å². The lowest BCUT2D eigenvalue weighted by Gasteiger charge is -2.20. The van der Waals surface area contributed by atoms with E-state index in [1.54, 1.807) is 31.2 Å². The Bertz CT molecular complexity index is 444. The highest BCUT2D eigenvalue weighted by Gasteiger charge is 2.45. The van der Waals surface area contributed by atoms with Gasteiger partial charge in [-0.3, -0.25) is 4.79 Å². The number of rotatable bonds is 5. The number of esters is 1. The number of carbonyl (C=O) groups excluding carboxylic acids is 2. The predicted molar refractivity (Wildman–Crippen MR) is 69.0 cm³/mol. The van der Waals surface area contributed by atoms with Crippen molar-refractivity contribution < 1.29 is 18.7 Å². The topological polar surface area (TPSA) is 43.4 Å². The molecule has 0 aliphatic rings. The minimum absolute atomic E-state index is 0.0398. The van der Waals surface area contributed by atoms with E-state index in [1.165, 1.54) is 0 Å². The van der Waals surface area contributed by atoms with Gasteiger partial charge in [-0.2, -0.15) is 0 Å². The molecule has 5 heteroatoms. The Hall–Kier alpha value is -1.23. The quantitative estimate of drug-likeness (QED) is 0.619. The number of alkyl halides is 1. The van der Waals surface area contributed by atoms with Crippen LogP contribution < -0.4 is 0 Å². The first-order valence-corrected chi connectivity index (χ1v) is 6.31. The lowest BCUT2D eigenvalue weighted by Crippen LogP contribution is -2.44.